The molecule has 4 nitrogen and oxygen atoms in total. The Balaban J connectivity index is 1.58. The summed E-state index contributed by atoms with van der Waals surface area (Å²) in [5.74, 6) is 0.730. The number of amides is 1. The number of fused-ring (bicyclic) bond motifs is 1. The van der Waals surface area contributed by atoms with E-state index in [4.69, 9.17) is 9.72 Å². The molecule has 4 rings (SSSR count). The summed E-state index contributed by atoms with van der Waals surface area (Å²) in [6.45, 7) is 6.38. The Kier molecular flexibility index (Phi) is 5.81. The molecule has 2 aromatic carbocycles. The van der Waals surface area contributed by atoms with Crippen molar-refractivity contribution in [1.82, 2.24) is 10.3 Å². The van der Waals surface area contributed by atoms with Crippen LogP contribution in [0.3, 0.4) is 0 Å². The third-order valence-electron chi connectivity index (χ3n) is 4.75. The van der Waals surface area contributed by atoms with E-state index in [1.165, 1.54) is 0 Å². The highest BCUT2D eigenvalue weighted by atomic mass is 32.1. The van der Waals surface area contributed by atoms with Crippen molar-refractivity contribution in [3.63, 3.8) is 0 Å². The summed E-state index contributed by atoms with van der Waals surface area (Å²) in [7, 11) is 0. The number of aryl methyl sites for hydroxylation is 1. The number of carbonyl (C=O) groups is 1. The summed E-state index contributed by atoms with van der Waals surface area (Å²) in [5, 5.41) is 5.96. The number of aromatic nitrogens is 1. The molecule has 0 spiro atoms. The average molecular weight is 417 g/mol. The maximum absolute atomic E-state index is 13.0. The third-order valence-corrected chi connectivity index (χ3v) is 5.65. The Labute approximate surface area is 180 Å². The summed E-state index contributed by atoms with van der Waals surface area (Å²) in [4.78, 5) is 18.9. The second kappa shape index (κ2) is 8.67. The summed E-state index contributed by atoms with van der Waals surface area (Å²) in [6.07, 6.45) is 0.137. The van der Waals surface area contributed by atoms with Crippen molar-refractivity contribution < 1.29 is 9.53 Å². The van der Waals surface area contributed by atoms with Crippen molar-refractivity contribution in [1.29, 1.82) is 0 Å². The summed E-state index contributed by atoms with van der Waals surface area (Å²) < 4.78 is 5.67. The number of hydrogen-bond donors (Lipinski definition) is 1. The summed E-state index contributed by atoms with van der Waals surface area (Å²) in [5.41, 5.74) is 4.41. The average Bonchev–Trinajstić information content (AvgIpc) is 3.26. The summed E-state index contributed by atoms with van der Waals surface area (Å²) >= 11 is 1.67. The molecule has 4 aromatic rings. The van der Waals surface area contributed by atoms with Crippen LogP contribution in [0.5, 0.6) is 5.75 Å². The van der Waals surface area contributed by atoms with Crippen molar-refractivity contribution in [3.05, 3.63) is 82.9 Å². The van der Waals surface area contributed by atoms with E-state index in [9.17, 15) is 4.79 Å². The van der Waals surface area contributed by atoms with Gasteiger partial charge in [0.2, 0.25) is 0 Å². The molecule has 0 saturated heterocycles. The molecule has 0 radical (unpaired) electrons. The van der Waals surface area contributed by atoms with Gasteiger partial charge in [-0.1, -0.05) is 36.4 Å². The molecule has 30 heavy (non-hydrogen) atoms. The zero-order valence-corrected chi connectivity index (χ0v) is 18.1. The van der Waals surface area contributed by atoms with Gasteiger partial charge in [-0.3, -0.25) is 9.78 Å². The highest BCUT2D eigenvalue weighted by molar-refractivity contribution is 7.13. The van der Waals surface area contributed by atoms with E-state index in [0.717, 1.165) is 38.4 Å². The van der Waals surface area contributed by atoms with Crippen LogP contribution >= 0.6 is 11.3 Å². The topological polar surface area (TPSA) is 51.2 Å². The van der Waals surface area contributed by atoms with Crippen molar-refractivity contribution in [2.24, 2.45) is 0 Å². The van der Waals surface area contributed by atoms with Crippen LogP contribution in [-0.2, 0) is 6.54 Å². The van der Waals surface area contributed by atoms with Gasteiger partial charge in [-0.15, -0.1) is 11.3 Å². The fraction of sp³-hybridized carbons (Fsp3) is 0.200. The molecule has 1 N–H and O–H groups in total. The number of benzene rings is 2. The first-order valence-corrected chi connectivity index (χ1v) is 10.9. The molecule has 0 saturated carbocycles. The van der Waals surface area contributed by atoms with Crippen LogP contribution < -0.4 is 10.1 Å². The fourth-order valence-corrected chi connectivity index (χ4v) is 4.18. The van der Waals surface area contributed by atoms with Gasteiger partial charge in [0.25, 0.3) is 5.91 Å². The maximum Gasteiger partial charge on any atom is 0.252 e. The molecule has 0 atom stereocenters. The van der Waals surface area contributed by atoms with Crippen molar-refractivity contribution >= 4 is 28.1 Å². The monoisotopic (exact) mass is 416 g/mol. The molecule has 5 heteroatoms. The minimum atomic E-state index is -0.101. The van der Waals surface area contributed by atoms with E-state index in [2.05, 4.69) is 22.8 Å². The van der Waals surface area contributed by atoms with Crippen molar-refractivity contribution in [3.8, 4) is 16.2 Å². The van der Waals surface area contributed by atoms with E-state index in [-0.39, 0.29) is 12.0 Å². The lowest BCUT2D eigenvalue weighted by molar-refractivity contribution is 0.0952. The standard InChI is InChI=1S/C25H24N2O2S/c1-16(2)29-19-11-9-18(10-12-19)15-26-25(28)22-14-17(3)27-24-20(22)6-4-7-21(24)23-8-5-13-30-23/h4-14,16H,15H2,1-3H3,(H,26,28). The zero-order chi connectivity index (χ0) is 21.1. The fourth-order valence-electron chi connectivity index (χ4n) is 3.43. The highest BCUT2D eigenvalue weighted by Gasteiger charge is 2.15. The van der Waals surface area contributed by atoms with E-state index in [1.807, 2.05) is 69.3 Å². The van der Waals surface area contributed by atoms with Gasteiger partial charge >= 0.3 is 0 Å². The SMILES string of the molecule is Cc1cc(C(=O)NCc2ccc(OC(C)C)cc2)c2cccc(-c3cccs3)c2n1. The number of thiophene rings is 1. The van der Waals surface area contributed by atoms with Gasteiger partial charge in [0.15, 0.2) is 0 Å². The molecule has 1 amide bonds. The number of nitrogens with one attached hydrogen (secondary N) is 1. The maximum atomic E-state index is 13.0. The molecular formula is C25H24N2O2S. The molecule has 2 heterocycles. The second-order valence-electron chi connectivity index (χ2n) is 7.48. The molecule has 152 valence electrons. The smallest absolute Gasteiger partial charge is 0.252 e. The summed E-state index contributed by atoms with van der Waals surface area (Å²) in [6, 6.07) is 19.8. The minimum absolute atomic E-state index is 0.101. The molecule has 2 aromatic heterocycles. The van der Waals surface area contributed by atoms with Gasteiger partial charge in [-0.25, -0.2) is 0 Å². The number of ether oxygens (including phenoxy) is 1. The first kappa shape index (κ1) is 20.1. The first-order chi connectivity index (χ1) is 14.5. The molecule has 0 aliphatic heterocycles. The lowest BCUT2D eigenvalue weighted by Crippen LogP contribution is -2.23. The molecule has 0 bridgehead atoms. The van der Waals surface area contributed by atoms with E-state index in [1.54, 1.807) is 11.3 Å². The molecule has 0 aliphatic rings. The van der Waals surface area contributed by atoms with Gasteiger partial charge in [-0.05, 0) is 56.0 Å². The van der Waals surface area contributed by atoms with Gasteiger partial charge in [0.05, 0.1) is 17.2 Å². The molecule has 0 fully saturated rings. The number of pyridine rings is 1. The van der Waals surface area contributed by atoms with E-state index >= 15 is 0 Å². The van der Waals surface area contributed by atoms with Crippen molar-refractivity contribution in [2.45, 2.75) is 33.4 Å². The first-order valence-electron chi connectivity index (χ1n) is 9.99. The van der Waals surface area contributed by atoms with Crippen LogP contribution in [0.25, 0.3) is 21.3 Å². The number of carbonyl (C=O) groups excluding carboxylic acids is 1. The Morgan fingerprint density at radius 3 is 2.60 bits per heavy atom. The van der Waals surface area contributed by atoms with Crippen LogP contribution in [0.4, 0.5) is 0 Å². The largest absolute Gasteiger partial charge is 0.491 e. The Hall–Kier alpha value is -3.18. The normalized spacial score (nSPS) is 11.1. The van der Waals surface area contributed by atoms with Crippen LogP contribution in [0, 0.1) is 6.92 Å². The predicted octanol–water partition coefficient (Wildman–Crippen LogP) is 5.99. The van der Waals surface area contributed by atoms with Crippen molar-refractivity contribution in [2.75, 3.05) is 0 Å². The Morgan fingerprint density at radius 2 is 1.90 bits per heavy atom. The molecular weight excluding hydrogens is 392 g/mol. The van der Waals surface area contributed by atoms with Gasteiger partial charge in [0, 0.05) is 28.1 Å². The lowest BCUT2D eigenvalue weighted by atomic mass is 10.0. The van der Waals surface area contributed by atoms with Crippen LogP contribution in [-0.4, -0.2) is 17.0 Å². The number of hydrogen-bond acceptors (Lipinski definition) is 4. The van der Waals surface area contributed by atoms with Gasteiger partial charge < -0.3 is 10.1 Å². The Bertz CT molecular complexity index is 1170. The number of para-hydroxylation sites is 1. The number of rotatable bonds is 6. The second-order valence-corrected chi connectivity index (χ2v) is 8.43. The quantitative estimate of drug-likeness (QED) is 0.420. The highest BCUT2D eigenvalue weighted by Crippen LogP contribution is 2.32. The van der Waals surface area contributed by atoms with Crippen LogP contribution in [0.1, 0.15) is 35.5 Å². The van der Waals surface area contributed by atoms with Crippen LogP contribution in [0.15, 0.2) is 66.0 Å². The van der Waals surface area contributed by atoms with Gasteiger partial charge in [0.1, 0.15) is 5.75 Å². The van der Waals surface area contributed by atoms with E-state index in [0.29, 0.717) is 12.1 Å². The van der Waals surface area contributed by atoms with E-state index < -0.39 is 0 Å². The van der Waals surface area contributed by atoms with Crippen LogP contribution in [0.2, 0.25) is 0 Å². The molecule has 0 unspecified atom stereocenters. The molecule has 0 aliphatic carbocycles. The predicted molar refractivity (Wildman–Crippen MR) is 123 cm³/mol. The van der Waals surface area contributed by atoms with Gasteiger partial charge in [-0.2, -0.15) is 0 Å². The minimum Gasteiger partial charge on any atom is -0.491 e. The zero-order valence-electron chi connectivity index (χ0n) is 17.3. The Morgan fingerprint density at radius 1 is 1.10 bits per heavy atom. The third kappa shape index (κ3) is 4.36. The lowest BCUT2D eigenvalue weighted by Gasteiger charge is -2.12. The number of nitrogens with zero attached hydrogens (tertiary/aromatic N) is 1.